The van der Waals surface area contributed by atoms with Crippen molar-refractivity contribution in [3.63, 3.8) is 0 Å². The first-order valence-electron chi connectivity index (χ1n) is 9.17. The van der Waals surface area contributed by atoms with Crippen molar-refractivity contribution in [3.05, 3.63) is 63.5 Å². The highest BCUT2D eigenvalue weighted by Gasteiger charge is 2.31. The van der Waals surface area contributed by atoms with Gasteiger partial charge in [-0.2, -0.15) is 4.31 Å². The number of nitrogens with zero attached hydrogens (tertiary/aromatic N) is 3. The summed E-state index contributed by atoms with van der Waals surface area (Å²) in [5.74, 6) is -0.673. The number of piperazine rings is 1. The van der Waals surface area contributed by atoms with Crippen LogP contribution in [0.15, 0.2) is 41.3 Å². The maximum Gasteiger partial charge on any atom is 0.295 e. The molecule has 0 saturated carbocycles. The smallest absolute Gasteiger partial charge is 0.295 e. The van der Waals surface area contributed by atoms with Crippen molar-refractivity contribution in [2.75, 3.05) is 31.1 Å². The Bertz CT molecular complexity index is 1030. The van der Waals surface area contributed by atoms with Crippen molar-refractivity contribution in [1.82, 2.24) is 4.31 Å². The number of benzene rings is 2. The third kappa shape index (κ3) is 3.35. The number of nitro groups is 1. The van der Waals surface area contributed by atoms with E-state index in [4.69, 9.17) is 0 Å². The molecule has 4 rings (SSSR count). The van der Waals surface area contributed by atoms with Crippen LogP contribution in [0.1, 0.15) is 17.5 Å². The molecule has 0 spiro atoms. The standard InChI is InChI=1S/C19H20FN3O4S/c20-16-5-7-18(19(13-16)23(24)25)21-8-10-22(11-9-21)28(26,27)17-6-4-14-2-1-3-15(14)12-17/h4-7,12-13H,1-3,8-11H2. The highest BCUT2D eigenvalue weighted by Crippen LogP contribution is 2.31. The van der Waals surface area contributed by atoms with Crippen molar-refractivity contribution >= 4 is 21.4 Å². The van der Waals surface area contributed by atoms with Crippen LogP contribution in [0.2, 0.25) is 0 Å². The predicted octanol–water partition coefficient (Wildman–Crippen LogP) is 2.73. The number of hydrogen-bond donors (Lipinski definition) is 0. The molecule has 1 aliphatic carbocycles. The number of aryl methyl sites for hydroxylation is 2. The zero-order valence-corrected chi connectivity index (χ0v) is 16.0. The molecule has 1 aliphatic heterocycles. The zero-order valence-electron chi connectivity index (χ0n) is 15.2. The normalized spacial score (nSPS) is 17.5. The van der Waals surface area contributed by atoms with Gasteiger partial charge in [-0.1, -0.05) is 6.07 Å². The molecule has 1 saturated heterocycles. The summed E-state index contributed by atoms with van der Waals surface area (Å²) in [5.41, 5.74) is 2.31. The number of sulfonamides is 1. The van der Waals surface area contributed by atoms with Crippen LogP contribution in [0.5, 0.6) is 0 Å². The van der Waals surface area contributed by atoms with Gasteiger partial charge in [0, 0.05) is 26.2 Å². The lowest BCUT2D eigenvalue weighted by atomic mass is 10.1. The molecular formula is C19H20FN3O4S. The largest absolute Gasteiger partial charge is 0.363 e. The Kier molecular flexibility index (Phi) is 4.80. The Balaban J connectivity index is 1.52. The number of fused-ring (bicyclic) bond motifs is 1. The molecule has 148 valence electrons. The lowest BCUT2D eigenvalue weighted by Gasteiger charge is -2.35. The summed E-state index contributed by atoms with van der Waals surface area (Å²) < 4.78 is 40.8. The fourth-order valence-corrected chi connectivity index (χ4v) is 5.41. The molecule has 2 aromatic rings. The second kappa shape index (κ2) is 7.14. The van der Waals surface area contributed by atoms with Crippen LogP contribution in [0.25, 0.3) is 0 Å². The summed E-state index contributed by atoms with van der Waals surface area (Å²) in [6, 6.07) is 8.77. The number of rotatable bonds is 4. The van der Waals surface area contributed by atoms with Gasteiger partial charge in [-0.15, -0.1) is 0 Å². The summed E-state index contributed by atoms with van der Waals surface area (Å²) >= 11 is 0. The van der Waals surface area contributed by atoms with E-state index in [9.17, 15) is 22.9 Å². The first kappa shape index (κ1) is 18.8. The molecule has 0 N–H and O–H groups in total. The van der Waals surface area contributed by atoms with Gasteiger partial charge < -0.3 is 4.90 Å². The minimum absolute atomic E-state index is 0.216. The monoisotopic (exact) mass is 405 g/mol. The van der Waals surface area contributed by atoms with Gasteiger partial charge in [0.15, 0.2) is 0 Å². The molecule has 2 aromatic carbocycles. The maximum absolute atomic E-state index is 13.4. The van der Waals surface area contributed by atoms with Gasteiger partial charge in [0.05, 0.1) is 15.9 Å². The van der Waals surface area contributed by atoms with Crippen LogP contribution < -0.4 is 4.90 Å². The van der Waals surface area contributed by atoms with Crippen molar-refractivity contribution in [1.29, 1.82) is 0 Å². The van der Waals surface area contributed by atoms with Gasteiger partial charge in [0.25, 0.3) is 5.69 Å². The van der Waals surface area contributed by atoms with Crippen LogP contribution in [0.3, 0.4) is 0 Å². The molecule has 1 heterocycles. The van der Waals surface area contributed by atoms with E-state index in [2.05, 4.69) is 0 Å². The Morgan fingerprint density at radius 1 is 0.964 bits per heavy atom. The third-order valence-corrected chi connectivity index (χ3v) is 7.32. The quantitative estimate of drug-likeness (QED) is 0.577. The number of anilines is 1. The van der Waals surface area contributed by atoms with Gasteiger partial charge in [0.1, 0.15) is 11.5 Å². The second-order valence-electron chi connectivity index (χ2n) is 7.07. The first-order chi connectivity index (χ1) is 13.4. The van der Waals surface area contributed by atoms with Crippen LogP contribution >= 0.6 is 0 Å². The highest BCUT2D eigenvalue weighted by molar-refractivity contribution is 7.89. The minimum Gasteiger partial charge on any atom is -0.363 e. The Labute approximate surface area is 162 Å². The lowest BCUT2D eigenvalue weighted by Crippen LogP contribution is -2.48. The maximum atomic E-state index is 13.4. The molecular weight excluding hydrogens is 385 g/mol. The highest BCUT2D eigenvalue weighted by atomic mass is 32.2. The molecule has 0 radical (unpaired) electrons. The van der Waals surface area contributed by atoms with Gasteiger partial charge in [-0.3, -0.25) is 10.1 Å². The average Bonchev–Trinajstić information content (AvgIpc) is 3.16. The molecule has 0 aromatic heterocycles. The molecule has 28 heavy (non-hydrogen) atoms. The van der Waals surface area contributed by atoms with Gasteiger partial charge in [-0.05, 0) is 54.7 Å². The fraction of sp³-hybridized carbons (Fsp3) is 0.368. The summed E-state index contributed by atoms with van der Waals surface area (Å²) in [4.78, 5) is 12.6. The molecule has 9 heteroatoms. The number of nitro benzene ring substituents is 1. The molecule has 0 bridgehead atoms. The van der Waals surface area contributed by atoms with E-state index in [0.29, 0.717) is 23.7 Å². The average molecular weight is 405 g/mol. The summed E-state index contributed by atoms with van der Waals surface area (Å²) in [6.45, 7) is 1.04. The molecule has 2 aliphatic rings. The SMILES string of the molecule is O=[N+]([O-])c1cc(F)ccc1N1CCN(S(=O)(=O)c2ccc3c(c2)CCC3)CC1. The molecule has 0 amide bonds. The van der Waals surface area contributed by atoms with Crippen molar-refractivity contribution in [2.24, 2.45) is 0 Å². The van der Waals surface area contributed by atoms with Crippen LogP contribution in [0, 0.1) is 15.9 Å². The van der Waals surface area contributed by atoms with Crippen LogP contribution in [-0.4, -0.2) is 43.8 Å². The van der Waals surface area contributed by atoms with E-state index in [-0.39, 0.29) is 18.8 Å². The van der Waals surface area contributed by atoms with E-state index in [0.717, 1.165) is 30.9 Å². The number of halogens is 1. The van der Waals surface area contributed by atoms with E-state index < -0.39 is 20.8 Å². The Morgan fingerprint density at radius 3 is 2.39 bits per heavy atom. The molecule has 0 unspecified atom stereocenters. The third-order valence-electron chi connectivity index (χ3n) is 5.42. The van der Waals surface area contributed by atoms with E-state index >= 15 is 0 Å². The second-order valence-corrected chi connectivity index (χ2v) is 9.00. The van der Waals surface area contributed by atoms with Crippen molar-refractivity contribution < 1.29 is 17.7 Å². The van der Waals surface area contributed by atoms with Gasteiger partial charge in [-0.25, -0.2) is 12.8 Å². The molecule has 0 atom stereocenters. The van der Waals surface area contributed by atoms with E-state index in [1.165, 1.54) is 22.0 Å². The van der Waals surface area contributed by atoms with E-state index in [1.807, 2.05) is 6.07 Å². The number of hydrogen-bond acceptors (Lipinski definition) is 5. The van der Waals surface area contributed by atoms with Crippen molar-refractivity contribution in [2.45, 2.75) is 24.2 Å². The topological polar surface area (TPSA) is 83.8 Å². The first-order valence-corrected chi connectivity index (χ1v) is 10.6. The van der Waals surface area contributed by atoms with E-state index in [1.54, 1.807) is 17.0 Å². The van der Waals surface area contributed by atoms with Crippen LogP contribution in [0.4, 0.5) is 15.8 Å². The lowest BCUT2D eigenvalue weighted by molar-refractivity contribution is -0.384. The minimum atomic E-state index is -3.61. The molecule has 1 fully saturated rings. The molecule has 7 nitrogen and oxygen atoms in total. The Morgan fingerprint density at radius 2 is 1.68 bits per heavy atom. The predicted molar refractivity (Wildman–Crippen MR) is 102 cm³/mol. The Hall–Kier alpha value is -2.52. The van der Waals surface area contributed by atoms with Crippen LogP contribution in [-0.2, 0) is 22.9 Å². The summed E-state index contributed by atoms with van der Waals surface area (Å²) in [7, 11) is -3.61. The van der Waals surface area contributed by atoms with Crippen molar-refractivity contribution in [3.8, 4) is 0 Å². The fourth-order valence-electron chi connectivity index (χ4n) is 3.94. The zero-order chi connectivity index (χ0) is 19.9. The van der Waals surface area contributed by atoms with Gasteiger partial charge in [0.2, 0.25) is 10.0 Å². The van der Waals surface area contributed by atoms with Gasteiger partial charge >= 0.3 is 0 Å². The summed E-state index contributed by atoms with van der Waals surface area (Å²) in [5, 5.41) is 11.2. The summed E-state index contributed by atoms with van der Waals surface area (Å²) in [6.07, 6.45) is 2.94.